The average Bonchev–Trinajstić information content (AvgIpc) is 2.17. The van der Waals surface area contributed by atoms with Crippen LogP contribution in [0.5, 0.6) is 0 Å². The van der Waals surface area contributed by atoms with Crippen molar-refractivity contribution in [3.8, 4) is 0 Å². The third kappa shape index (κ3) is 3.88. The summed E-state index contributed by atoms with van der Waals surface area (Å²) in [4.78, 5) is 2.53. The Hall–Kier alpha value is 0.170. The van der Waals surface area contributed by atoms with Crippen molar-refractivity contribution >= 4 is 12.4 Å². The van der Waals surface area contributed by atoms with E-state index in [-0.39, 0.29) is 12.4 Å². The molecule has 1 heterocycles. The van der Waals surface area contributed by atoms with Crippen LogP contribution < -0.4 is 5.32 Å². The second-order valence-corrected chi connectivity index (χ2v) is 5.00. The maximum absolute atomic E-state index is 9.08. The van der Waals surface area contributed by atoms with Crippen molar-refractivity contribution in [2.45, 2.75) is 38.1 Å². The van der Waals surface area contributed by atoms with Gasteiger partial charge < -0.3 is 10.4 Å². The zero-order valence-electron chi connectivity index (χ0n) is 10.0. The van der Waals surface area contributed by atoms with Crippen LogP contribution in [-0.2, 0) is 0 Å². The molecule has 1 aliphatic carbocycles. The zero-order chi connectivity index (χ0) is 10.5. The highest BCUT2D eigenvalue weighted by atomic mass is 35.5. The summed E-state index contributed by atoms with van der Waals surface area (Å²) in [6, 6.07) is 0.784. The van der Waals surface area contributed by atoms with Crippen LogP contribution in [0, 0.1) is 5.92 Å². The van der Waals surface area contributed by atoms with E-state index >= 15 is 0 Å². The number of hydrogen-bond acceptors (Lipinski definition) is 3. The normalized spacial score (nSPS) is 22.9. The lowest BCUT2D eigenvalue weighted by molar-refractivity contribution is 0.0790. The van der Waals surface area contributed by atoms with E-state index < -0.39 is 0 Å². The van der Waals surface area contributed by atoms with E-state index in [9.17, 15) is 0 Å². The van der Waals surface area contributed by atoms with Crippen LogP contribution in [0.25, 0.3) is 0 Å². The number of nitrogens with zero attached hydrogens (tertiary/aromatic N) is 1. The molecule has 2 aliphatic rings. The van der Waals surface area contributed by atoms with Crippen molar-refractivity contribution in [1.29, 1.82) is 0 Å². The summed E-state index contributed by atoms with van der Waals surface area (Å²) >= 11 is 0. The molecule has 3 nitrogen and oxygen atoms in total. The fraction of sp³-hybridized carbons (Fsp3) is 1.00. The molecule has 16 heavy (non-hydrogen) atoms. The van der Waals surface area contributed by atoms with Gasteiger partial charge in [-0.3, -0.25) is 4.90 Å². The van der Waals surface area contributed by atoms with Gasteiger partial charge in [-0.25, -0.2) is 0 Å². The lowest BCUT2D eigenvalue weighted by atomic mass is 9.89. The minimum atomic E-state index is 0. The molecule has 0 aromatic carbocycles. The first-order valence-electron chi connectivity index (χ1n) is 6.46. The Morgan fingerprint density at radius 2 is 1.81 bits per heavy atom. The predicted octanol–water partition coefficient (Wildman–Crippen LogP) is 1.25. The van der Waals surface area contributed by atoms with E-state index in [1.165, 1.54) is 51.7 Å². The average molecular weight is 249 g/mol. The van der Waals surface area contributed by atoms with Crippen LogP contribution in [0.2, 0.25) is 0 Å². The lowest BCUT2D eigenvalue weighted by Gasteiger charge is -2.40. The fourth-order valence-corrected chi connectivity index (χ4v) is 2.70. The number of hydrogen-bond donors (Lipinski definition) is 2. The number of aliphatic hydroxyl groups excluding tert-OH is 1. The third-order valence-electron chi connectivity index (χ3n) is 3.93. The predicted molar refractivity (Wildman–Crippen MR) is 69.1 cm³/mol. The number of rotatable bonds is 5. The quantitative estimate of drug-likeness (QED) is 0.769. The van der Waals surface area contributed by atoms with Gasteiger partial charge in [0.1, 0.15) is 0 Å². The summed E-state index contributed by atoms with van der Waals surface area (Å²) in [6.07, 6.45) is 6.72. The van der Waals surface area contributed by atoms with Crippen LogP contribution in [0.3, 0.4) is 0 Å². The van der Waals surface area contributed by atoms with E-state index in [2.05, 4.69) is 10.2 Å². The molecule has 2 N–H and O–H groups in total. The van der Waals surface area contributed by atoms with Gasteiger partial charge in [-0.1, -0.05) is 6.42 Å². The Morgan fingerprint density at radius 1 is 1.12 bits per heavy atom. The minimum Gasteiger partial charge on any atom is -0.395 e. The third-order valence-corrected chi connectivity index (χ3v) is 3.93. The van der Waals surface area contributed by atoms with Crippen molar-refractivity contribution in [2.75, 3.05) is 32.8 Å². The van der Waals surface area contributed by atoms with Crippen LogP contribution in [0.4, 0.5) is 0 Å². The van der Waals surface area contributed by atoms with Crippen LogP contribution in [0.1, 0.15) is 32.1 Å². The number of piperidine rings is 1. The first-order chi connectivity index (χ1) is 7.40. The van der Waals surface area contributed by atoms with Gasteiger partial charge in [0.25, 0.3) is 0 Å². The summed E-state index contributed by atoms with van der Waals surface area (Å²) in [5.41, 5.74) is 0. The van der Waals surface area contributed by atoms with Gasteiger partial charge in [0, 0.05) is 19.1 Å². The summed E-state index contributed by atoms with van der Waals surface area (Å²) in [5.74, 6) is 0.860. The Morgan fingerprint density at radius 3 is 2.31 bits per heavy atom. The number of halogens is 1. The van der Waals surface area contributed by atoms with E-state index in [0.717, 1.165) is 18.5 Å². The number of aliphatic hydroxyl groups is 1. The first-order valence-corrected chi connectivity index (χ1v) is 6.46. The van der Waals surface area contributed by atoms with Gasteiger partial charge in [0.2, 0.25) is 0 Å². The molecule has 0 bridgehead atoms. The molecule has 96 valence electrons. The molecule has 0 spiro atoms. The largest absolute Gasteiger partial charge is 0.395 e. The Kier molecular flexibility index (Phi) is 6.66. The van der Waals surface area contributed by atoms with Gasteiger partial charge in [0.15, 0.2) is 0 Å². The Bertz CT molecular complexity index is 182. The summed E-state index contributed by atoms with van der Waals surface area (Å²) in [5, 5.41) is 12.5. The highest BCUT2D eigenvalue weighted by molar-refractivity contribution is 5.85. The van der Waals surface area contributed by atoms with Crippen LogP contribution in [-0.4, -0.2) is 48.8 Å². The van der Waals surface area contributed by atoms with Crippen LogP contribution >= 0.6 is 12.4 Å². The van der Waals surface area contributed by atoms with Crippen molar-refractivity contribution in [3.05, 3.63) is 0 Å². The van der Waals surface area contributed by atoms with Crippen molar-refractivity contribution in [2.24, 2.45) is 5.92 Å². The fourth-order valence-electron chi connectivity index (χ4n) is 2.70. The minimum absolute atomic E-state index is 0. The van der Waals surface area contributed by atoms with Crippen LogP contribution in [0.15, 0.2) is 0 Å². The van der Waals surface area contributed by atoms with Crippen molar-refractivity contribution in [1.82, 2.24) is 10.2 Å². The molecule has 0 unspecified atom stereocenters. The molecule has 2 fully saturated rings. The monoisotopic (exact) mass is 248 g/mol. The maximum Gasteiger partial charge on any atom is 0.0558 e. The molecule has 0 aromatic rings. The highest BCUT2D eigenvalue weighted by Crippen LogP contribution is 2.26. The van der Waals surface area contributed by atoms with Gasteiger partial charge in [-0.2, -0.15) is 0 Å². The molecular weight excluding hydrogens is 224 g/mol. The van der Waals surface area contributed by atoms with Gasteiger partial charge in [-0.15, -0.1) is 12.4 Å². The topological polar surface area (TPSA) is 35.5 Å². The smallest absolute Gasteiger partial charge is 0.0558 e. The Labute approximate surface area is 105 Å². The van der Waals surface area contributed by atoms with Gasteiger partial charge in [0.05, 0.1) is 6.61 Å². The van der Waals surface area contributed by atoms with Gasteiger partial charge >= 0.3 is 0 Å². The molecule has 2 rings (SSSR count). The molecule has 1 aliphatic heterocycles. The highest BCUT2D eigenvalue weighted by Gasteiger charge is 2.26. The van der Waals surface area contributed by atoms with Gasteiger partial charge in [-0.05, 0) is 44.7 Å². The zero-order valence-corrected chi connectivity index (χ0v) is 10.8. The standard InChI is InChI=1S/C12H24N2O.ClH/c15-9-8-14(12-2-1-3-12)10-11-4-6-13-7-5-11;/h11-13,15H,1-10H2;1H. The van der Waals surface area contributed by atoms with Crippen molar-refractivity contribution < 1.29 is 5.11 Å². The number of nitrogens with one attached hydrogen (secondary N) is 1. The second-order valence-electron chi connectivity index (χ2n) is 5.00. The molecular formula is C12H25ClN2O. The lowest BCUT2D eigenvalue weighted by Crippen LogP contribution is -2.45. The molecule has 0 amide bonds. The van der Waals surface area contributed by atoms with E-state index in [4.69, 9.17) is 5.11 Å². The maximum atomic E-state index is 9.08. The molecule has 1 saturated carbocycles. The summed E-state index contributed by atoms with van der Waals surface area (Å²) in [6.45, 7) is 4.79. The second kappa shape index (κ2) is 7.49. The molecule has 4 heteroatoms. The summed E-state index contributed by atoms with van der Waals surface area (Å²) < 4.78 is 0. The van der Waals surface area contributed by atoms with E-state index in [1.54, 1.807) is 0 Å². The molecule has 0 aromatic heterocycles. The molecule has 1 saturated heterocycles. The van der Waals surface area contributed by atoms with E-state index in [0.29, 0.717) is 6.61 Å². The molecule has 0 radical (unpaired) electrons. The SMILES string of the molecule is Cl.OCCN(CC1CCNCC1)C1CCC1. The molecule has 0 atom stereocenters. The van der Waals surface area contributed by atoms with E-state index in [1.807, 2.05) is 0 Å². The summed E-state index contributed by atoms with van der Waals surface area (Å²) in [7, 11) is 0. The Balaban J connectivity index is 0.00000128. The van der Waals surface area contributed by atoms with Crippen molar-refractivity contribution in [3.63, 3.8) is 0 Å². The first kappa shape index (κ1) is 14.2.